The zero-order chi connectivity index (χ0) is 43.6. The minimum Gasteiger partial charge on any atom is -0.257 e. The molecule has 0 amide bonds. The lowest BCUT2D eigenvalue weighted by Gasteiger charge is -2.18. The number of aryl methyl sites for hydroxylation is 4. The fourth-order valence-corrected chi connectivity index (χ4v) is 8.24. The molecule has 5 aromatic carbocycles. The molecule has 3 aromatic heterocycles. The molecule has 306 valence electrons. The molecule has 0 atom stereocenters. The van der Waals surface area contributed by atoms with E-state index in [0.29, 0.717) is 0 Å². The number of hydrogen-bond donors (Lipinski definition) is 0. The highest BCUT2D eigenvalue weighted by atomic mass is 32.1. The van der Waals surface area contributed by atoms with Gasteiger partial charge in [-0.15, -0.1) is 11.3 Å². The third kappa shape index (κ3) is 12.2. The fourth-order valence-electron chi connectivity index (χ4n) is 7.06. The Bertz CT molecular complexity index is 2650. The van der Waals surface area contributed by atoms with E-state index in [1.165, 1.54) is 70.2 Å². The van der Waals surface area contributed by atoms with Gasteiger partial charge in [0.15, 0.2) is 0 Å². The summed E-state index contributed by atoms with van der Waals surface area (Å²) in [6.07, 6.45) is 7.72. The summed E-state index contributed by atoms with van der Waals surface area (Å²) in [6.45, 7) is 27.2. The number of nitrogens with zero attached hydrogens (tertiary/aromatic N) is 2. The van der Waals surface area contributed by atoms with Gasteiger partial charge < -0.3 is 0 Å². The second kappa shape index (κ2) is 23.4. The molecule has 8 aromatic rings. The zero-order valence-corrected chi connectivity index (χ0v) is 38.4. The SMILES string of the molecule is C=C(/C=C(C)\C=C(/C)c1ccccn1)c1ccccn1.CC.CC.Cc1cc2sc3ccccc3c2cc1-c1ccc(C)c(-c2ccccc2C)c1C.Cc1ccccc1. The van der Waals surface area contributed by atoms with Gasteiger partial charge in [0, 0.05) is 32.6 Å². The topological polar surface area (TPSA) is 25.8 Å². The van der Waals surface area contributed by atoms with Crippen LogP contribution in [-0.2, 0) is 0 Å². The van der Waals surface area contributed by atoms with E-state index in [2.05, 4.69) is 156 Å². The highest BCUT2D eigenvalue weighted by molar-refractivity contribution is 7.25. The van der Waals surface area contributed by atoms with Crippen molar-refractivity contribution in [1.29, 1.82) is 0 Å². The molecule has 0 bridgehead atoms. The van der Waals surface area contributed by atoms with Gasteiger partial charge >= 0.3 is 0 Å². The van der Waals surface area contributed by atoms with Crippen LogP contribution in [0, 0.1) is 34.6 Å². The predicted octanol–water partition coefficient (Wildman–Crippen LogP) is 17.2. The molecule has 60 heavy (non-hydrogen) atoms. The molecule has 2 nitrogen and oxygen atoms in total. The Hall–Kier alpha value is -6.16. The number of allylic oxidation sites excluding steroid dienone is 5. The van der Waals surface area contributed by atoms with Gasteiger partial charge in [-0.1, -0.05) is 155 Å². The normalized spacial score (nSPS) is 10.8. The second-order valence-corrected chi connectivity index (χ2v) is 15.4. The Labute approximate surface area is 364 Å². The van der Waals surface area contributed by atoms with E-state index in [-0.39, 0.29) is 0 Å². The average molecular weight is 807 g/mol. The van der Waals surface area contributed by atoms with Crippen LogP contribution in [0.5, 0.6) is 0 Å². The molecule has 0 saturated carbocycles. The average Bonchev–Trinajstić information content (AvgIpc) is 3.64. The van der Waals surface area contributed by atoms with Gasteiger partial charge in [0.05, 0.1) is 11.4 Å². The van der Waals surface area contributed by atoms with Crippen LogP contribution in [0.3, 0.4) is 0 Å². The van der Waals surface area contributed by atoms with Crippen LogP contribution in [0.25, 0.3) is 53.6 Å². The highest BCUT2D eigenvalue weighted by Crippen LogP contribution is 2.41. The van der Waals surface area contributed by atoms with Crippen molar-refractivity contribution < 1.29 is 0 Å². The molecule has 3 heteroatoms. The number of benzene rings is 5. The first-order valence-electron chi connectivity index (χ1n) is 21.1. The van der Waals surface area contributed by atoms with Crippen molar-refractivity contribution >= 4 is 42.7 Å². The zero-order valence-electron chi connectivity index (χ0n) is 37.6. The van der Waals surface area contributed by atoms with Crippen LogP contribution in [0.1, 0.15) is 80.7 Å². The Morgan fingerprint density at radius 2 is 1.10 bits per heavy atom. The third-order valence-corrected chi connectivity index (χ3v) is 11.1. The van der Waals surface area contributed by atoms with Gasteiger partial charge in [0.25, 0.3) is 0 Å². The summed E-state index contributed by atoms with van der Waals surface area (Å²) in [6, 6.07) is 48.8. The first kappa shape index (κ1) is 46.5. The quantitative estimate of drug-likeness (QED) is 0.156. The first-order chi connectivity index (χ1) is 29.1. The Morgan fingerprint density at radius 1 is 0.500 bits per heavy atom. The number of thiophene rings is 1. The number of fused-ring (bicyclic) bond motifs is 3. The third-order valence-electron chi connectivity index (χ3n) is 9.95. The number of hydrogen-bond acceptors (Lipinski definition) is 3. The smallest absolute Gasteiger partial charge is 0.0696 e. The van der Waals surface area contributed by atoms with Crippen molar-refractivity contribution in [3.8, 4) is 22.3 Å². The molecule has 0 aliphatic heterocycles. The maximum absolute atomic E-state index is 4.34. The molecule has 0 aliphatic carbocycles. The van der Waals surface area contributed by atoms with Gasteiger partial charge in [-0.2, -0.15) is 0 Å². The molecule has 8 rings (SSSR count). The molecule has 3 heterocycles. The molecule has 0 unspecified atom stereocenters. The molecule has 0 fully saturated rings. The summed E-state index contributed by atoms with van der Waals surface area (Å²) in [4.78, 5) is 8.63. The Kier molecular flexibility index (Phi) is 18.2. The van der Waals surface area contributed by atoms with Gasteiger partial charge in [0.1, 0.15) is 0 Å². The summed E-state index contributed by atoms with van der Waals surface area (Å²) in [5.41, 5.74) is 17.1. The lowest BCUT2D eigenvalue weighted by Crippen LogP contribution is -1.95. The Balaban J connectivity index is 0.000000221. The first-order valence-corrected chi connectivity index (χ1v) is 21.9. The highest BCUT2D eigenvalue weighted by Gasteiger charge is 2.16. The van der Waals surface area contributed by atoms with E-state index in [1.807, 2.05) is 99.7 Å². The van der Waals surface area contributed by atoms with Crippen molar-refractivity contribution in [2.45, 2.75) is 76.2 Å². The molecule has 0 aliphatic rings. The lowest BCUT2D eigenvalue weighted by atomic mass is 9.86. The van der Waals surface area contributed by atoms with Crippen molar-refractivity contribution in [2.24, 2.45) is 0 Å². The van der Waals surface area contributed by atoms with Crippen LogP contribution < -0.4 is 0 Å². The minimum atomic E-state index is 0.899. The monoisotopic (exact) mass is 806 g/mol. The Morgan fingerprint density at radius 3 is 1.72 bits per heavy atom. The van der Waals surface area contributed by atoms with Gasteiger partial charge in [0.2, 0.25) is 0 Å². The summed E-state index contributed by atoms with van der Waals surface area (Å²) in [5, 5.41) is 2.72. The summed E-state index contributed by atoms with van der Waals surface area (Å²) >= 11 is 1.89. The number of rotatable bonds is 6. The van der Waals surface area contributed by atoms with E-state index in [4.69, 9.17) is 0 Å². The van der Waals surface area contributed by atoms with Crippen molar-refractivity contribution in [3.63, 3.8) is 0 Å². The van der Waals surface area contributed by atoms with E-state index in [0.717, 1.165) is 28.1 Å². The number of aromatic nitrogens is 2. The van der Waals surface area contributed by atoms with Crippen LogP contribution in [-0.4, -0.2) is 9.97 Å². The van der Waals surface area contributed by atoms with E-state index < -0.39 is 0 Å². The summed E-state index contributed by atoms with van der Waals surface area (Å²) in [5.74, 6) is 0. The van der Waals surface area contributed by atoms with Crippen LogP contribution in [0.4, 0.5) is 0 Å². The minimum absolute atomic E-state index is 0.899. The molecular formula is C57H62N2S. The predicted molar refractivity (Wildman–Crippen MR) is 268 cm³/mol. The molecule has 0 N–H and O–H groups in total. The lowest BCUT2D eigenvalue weighted by molar-refractivity contribution is 1.26. The second-order valence-electron chi connectivity index (χ2n) is 14.3. The number of pyridine rings is 2. The molecule has 0 saturated heterocycles. The fraction of sp³-hybridized carbons (Fsp3) is 0.193. The van der Waals surface area contributed by atoms with E-state index >= 15 is 0 Å². The van der Waals surface area contributed by atoms with Gasteiger partial charge in [-0.05, 0) is 147 Å². The summed E-state index contributed by atoms with van der Waals surface area (Å²) in [7, 11) is 0. The van der Waals surface area contributed by atoms with Crippen molar-refractivity contribution in [3.05, 3.63) is 215 Å². The van der Waals surface area contributed by atoms with Gasteiger partial charge in [-0.3, -0.25) is 9.97 Å². The standard InChI is InChI=1S/C28H24S.C18H18N2.C7H8.2C2H6/c1-17-9-5-6-10-21(17)28-18(2)13-14-22(20(28)4)24-16-25-23-11-7-8-12-26(23)29-27(25)15-19(24)3;1-14(12-15(2)17-8-4-6-10-19-17)13-16(3)18-9-5-7-11-20-18;1-7-5-3-2-4-6-7;2*1-2/h5-16H,1-4H3;4-13H,2H2,1,3H3;2-6H,1H3;2*1-2H3/b;14-12-,16-13+;;;. The van der Waals surface area contributed by atoms with E-state index in [9.17, 15) is 0 Å². The maximum Gasteiger partial charge on any atom is 0.0696 e. The molecule has 0 spiro atoms. The van der Waals surface area contributed by atoms with Gasteiger partial charge in [-0.25, -0.2) is 0 Å². The summed E-state index contributed by atoms with van der Waals surface area (Å²) < 4.78 is 2.73. The van der Waals surface area contributed by atoms with Crippen molar-refractivity contribution in [1.82, 2.24) is 9.97 Å². The van der Waals surface area contributed by atoms with E-state index in [1.54, 1.807) is 12.4 Å². The van der Waals surface area contributed by atoms with Crippen molar-refractivity contribution in [2.75, 3.05) is 0 Å². The largest absolute Gasteiger partial charge is 0.257 e. The molecular weight excluding hydrogens is 745 g/mol. The maximum atomic E-state index is 4.34. The van der Waals surface area contributed by atoms with Crippen LogP contribution in [0.2, 0.25) is 0 Å². The van der Waals surface area contributed by atoms with Crippen LogP contribution in [0.15, 0.2) is 176 Å². The van der Waals surface area contributed by atoms with Crippen LogP contribution >= 0.6 is 11.3 Å². The molecule has 0 radical (unpaired) electrons.